The molecule has 5 nitrogen and oxygen atoms in total. The molecule has 2 aliphatic heterocycles. The van der Waals surface area contributed by atoms with Gasteiger partial charge in [-0.15, -0.1) is 11.3 Å². The second-order valence-electron chi connectivity index (χ2n) is 5.24. The molecule has 1 amide bonds. The van der Waals surface area contributed by atoms with Crippen LogP contribution in [0.5, 0.6) is 0 Å². The smallest absolute Gasteiger partial charge is 0.234 e. The Kier molecular flexibility index (Phi) is 4.35. The summed E-state index contributed by atoms with van der Waals surface area (Å²) in [5.74, 6) is -0.271. The van der Waals surface area contributed by atoms with Gasteiger partial charge in [-0.1, -0.05) is 6.07 Å². The van der Waals surface area contributed by atoms with E-state index in [4.69, 9.17) is 9.47 Å². The van der Waals surface area contributed by atoms with Crippen LogP contribution in [0.25, 0.3) is 0 Å². The Morgan fingerprint density at radius 3 is 2.75 bits per heavy atom. The van der Waals surface area contributed by atoms with Gasteiger partial charge in [0.2, 0.25) is 5.91 Å². The van der Waals surface area contributed by atoms with Crippen LogP contribution in [0.1, 0.15) is 17.7 Å². The fourth-order valence-corrected chi connectivity index (χ4v) is 3.34. The number of piperidine rings is 1. The summed E-state index contributed by atoms with van der Waals surface area (Å²) < 4.78 is 11.4. The minimum Gasteiger partial charge on any atom is -0.350 e. The molecule has 3 rings (SSSR count). The van der Waals surface area contributed by atoms with Crippen LogP contribution in [0, 0.1) is 0 Å². The first kappa shape index (κ1) is 14.0. The Hall–Kier alpha value is -0.950. The van der Waals surface area contributed by atoms with Crippen molar-refractivity contribution in [3.63, 3.8) is 0 Å². The minimum absolute atomic E-state index is 0.0857. The third-order valence-electron chi connectivity index (χ3n) is 3.84. The van der Waals surface area contributed by atoms with E-state index in [1.54, 1.807) is 11.3 Å². The van der Waals surface area contributed by atoms with Crippen LogP contribution < -0.4 is 5.32 Å². The Morgan fingerprint density at radius 2 is 2.10 bits per heavy atom. The molecule has 0 bridgehead atoms. The van der Waals surface area contributed by atoms with Crippen LogP contribution in [0.15, 0.2) is 17.5 Å². The van der Waals surface area contributed by atoms with Crippen molar-refractivity contribution in [2.45, 2.75) is 25.2 Å². The first-order valence-corrected chi connectivity index (χ1v) is 7.93. The average molecular weight is 296 g/mol. The van der Waals surface area contributed by atoms with Gasteiger partial charge in [-0.05, 0) is 11.4 Å². The highest BCUT2D eigenvalue weighted by Gasteiger charge is 2.39. The zero-order chi connectivity index (χ0) is 13.8. The van der Waals surface area contributed by atoms with E-state index >= 15 is 0 Å². The molecule has 0 saturated carbocycles. The van der Waals surface area contributed by atoms with E-state index in [9.17, 15) is 4.79 Å². The maximum Gasteiger partial charge on any atom is 0.234 e. The van der Waals surface area contributed by atoms with Crippen molar-refractivity contribution in [3.05, 3.63) is 22.4 Å². The third-order valence-corrected chi connectivity index (χ3v) is 4.71. The molecule has 0 aromatic carbocycles. The van der Waals surface area contributed by atoms with Gasteiger partial charge >= 0.3 is 0 Å². The lowest BCUT2D eigenvalue weighted by atomic mass is 10.0. The molecule has 1 aromatic rings. The van der Waals surface area contributed by atoms with Gasteiger partial charge in [-0.3, -0.25) is 9.69 Å². The summed E-state index contributed by atoms with van der Waals surface area (Å²) in [4.78, 5) is 15.3. The van der Waals surface area contributed by atoms with Crippen LogP contribution >= 0.6 is 11.3 Å². The number of rotatable bonds is 4. The van der Waals surface area contributed by atoms with Gasteiger partial charge in [0.15, 0.2) is 5.79 Å². The molecule has 1 spiro atoms. The normalized spacial score (nSPS) is 22.2. The number of carbonyl (C=O) groups excluding carboxylic acids is 1. The van der Waals surface area contributed by atoms with Gasteiger partial charge in [-0.25, -0.2) is 0 Å². The standard InChI is InChI=1S/C14H20N2O3S/c17-13(15-10-12-2-1-9-20-12)11-16-5-3-14(4-6-16)18-7-8-19-14/h1-2,9H,3-8,10-11H2,(H,15,17). The van der Waals surface area contributed by atoms with Gasteiger partial charge in [0.25, 0.3) is 0 Å². The Morgan fingerprint density at radius 1 is 1.35 bits per heavy atom. The highest BCUT2D eigenvalue weighted by Crippen LogP contribution is 2.30. The van der Waals surface area contributed by atoms with E-state index in [-0.39, 0.29) is 11.7 Å². The molecular weight excluding hydrogens is 276 g/mol. The number of ether oxygens (including phenoxy) is 2. The second-order valence-corrected chi connectivity index (χ2v) is 6.27. The molecule has 0 aliphatic carbocycles. The Bertz CT molecular complexity index is 433. The molecule has 20 heavy (non-hydrogen) atoms. The van der Waals surface area contributed by atoms with Crippen molar-refractivity contribution >= 4 is 17.2 Å². The Labute approximate surface area is 122 Å². The first-order chi connectivity index (χ1) is 9.76. The number of amides is 1. The molecule has 1 aromatic heterocycles. The number of nitrogens with one attached hydrogen (secondary N) is 1. The molecule has 0 unspecified atom stereocenters. The van der Waals surface area contributed by atoms with Gasteiger partial charge in [-0.2, -0.15) is 0 Å². The summed E-state index contributed by atoms with van der Waals surface area (Å²) in [6.45, 7) is 4.18. The molecule has 2 fully saturated rings. The van der Waals surface area contributed by atoms with Crippen molar-refractivity contribution in [1.82, 2.24) is 10.2 Å². The third kappa shape index (κ3) is 3.38. The summed E-state index contributed by atoms with van der Waals surface area (Å²) in [7, 11) is 0. The number of likely N-dealkylation sites (tertiary alicyclic amines) is 1. The topological polar surface area (TPSA) is 50.8 Å². The molecule has 1 N–H and O–H groups in total. The number of thiophene rings is 1. The molecule has 2 aliphatic rings. The predicted octanol–water partition coefficient (Wildman–Crippen LogP) is 1.20. The largest absolute Gasteiger partial charge is 0.350 e. The van der Waals surface area contributed by atoms with Gasteiger partial charge in [0.1, 0.15) is 0 Å². The summed E-state index contributed by atoms with van der Waals surface area (Å²) in [5, 5.41) is 4.98. The van der Waals surface area contributed by atoms with Crippen LogP contribution in [0.3, 0.4) is 0 Å². The highest BCUT2D eigenvalue weighted by molar-refractivity contribution is 7.09. The van der Waals surface area contributed by atoms with Gasteiger partial charge in [0, 0.05) is 30.8 Å². The lowest BCUT2D eigenvalue weighted by Crippen LogP contribution is -2.48. The van der Waals surface area contributed by atoms with Crippen molar-refractivity contribution < 1.29 is 14.3 Å². The minimum atomic E-state index is -0.357. The quantitative estimate of drug-likeness (QED) is 0.907. The summed E-state index contributed by atoms with van der Waals surface area (Å²) in [6, 6.07) is 4.03. The van der Waals surface area contributed by atoms with E-state index in [0.717, 1.165) is 25.9 Å². The lowest BCUT2D eigenvalue weighted by molar-refractivity contribution is -0.185. The molecule has 3 heterocycles. The summed E-state index contributed by atoms with van der Waals surface area (Å²) in [5.41, 5.74) is 0. The molecular formula is C14H20N2O3S. The van der Waals surface area contributed by atoms with Gasteiger partial charge in [0.05, 0.1) is 26.3 Å². The maximum absolute atomic E-state index is 11.9. The van der Waals surface area contributed by atoms with E-state index in [1.165, 1.54) is 4.88 Å². The maximum atomic E-state index is 11.9. The monoisotopic (exact) mass is 296 g/mol. The van der Waals surface area contributed by atoms with Crippen LogP contribution in [-0.4, -0.2) is 49.4 Å². The van der Waals surface area contributed by atoms with Crippen molar-refractivity contribution in [2.75, 3.05) is 32.8 Å². The van der Waals surface area contributed by atoms with Crippen LogP contribution in [0.4, 0.5) is 0 Å². The van der Waals surface area contributed by atoms with Crippen LogP contribution in [0.2, 0.25) is 0 Å². The highest BCUT2D eigenvalue weighted by atomic mass is 32.1. The first-order valence-electron chi connectivity index (χ1n) is 7.05. The zero-order valence-electron chi connectivity index (χ0n) is 11.5. The van der Waals surface area contributed by atoms with E-state index in [0.29, 0.717) is 26.3 Å². The predicted molar refractivity (Wildman–Crippen MR) is 76.5 cm³/mol. The van der Waals surface area contributed by atoms with Gasteiger partial charge < -0.3 is 14.8 Å². The molecule has 0 radical (unpaired) electrons. The molecule has 2 saturated heterocycles. The van der Waals surface area contributed by atoms with Crippen molar-refractivity contribution in [2.24, 2.45) is 0 Å². The summed E-state index contributed by atoms with van der Waals surface area (Å²) >= 11 is 1.66. The average Bonchev–Trinajstić information content (AvgIpc) is 3.12. The zero-order valence-corrected chi connectivity index (χ0v) is 12.3. The second kappa shape index (κ2) is 6.22. The SMILES string of the molecule is O=C(CN1CCC2(CC1)OCCO2)NCc1cccs1. The van der Waals surface area contributed by atoms with Crippen molar-refractivity contribution in [3.8, 4) is 0 Å². The number of hydrogen-bond acceptors (Lipinski definition) is 5. The summed E-state index contributed by atoms with van der Waals surface area (Å²) in [6.07, 6.45) is 1.70. The lowest BCUT2D eigenvalue weighted by Gasteiger charge is -2.37. The fourth-order valence-electron chi connectivity index (χ4n) is 2.70. The Balaban J connectivity index is 1.39. The van der Waals surface area contributed by atoms with Crippen molar-refractivity contribution in [1.29, 1.82) is 0 Å². The van der Waals surface area contributed by atoms with E-state index in [2.05, 4.69) is 10.2 Å². The molecule has 0 atom stereocenters. The number of carbonyl (C=O) groups is 1. The van der Waals surface area contributed by atoms with E-state index in [1.807, 2.05) is 17.5 Å². The van der Waals surface area contributed by atoms with Crippen LogP contribution in [-0.2, 0) is 20.8 Å². The fraction of sp³-hybridized carbons (Fsp3) is 0.643. The molecule has 6 heteroatoms. The molecule has 110 valence electrons. The van der Waals surface area contributed by atoms with E-state index < -0.39 is 0 Å². The number of hydrogen-bond donors (Lipinski definition) is 1. The number of nitrogens with zero attached hydrogens (tertiary/aromatic N) is 1.